The minimum absolute atomic E-state index is 0.0717. The quantitative estimate of drug-likeness (QED) is 0.167. The van der Waals surface area contributed by atoms with Gasteiger partial charge in [0.05, 0.1) is 45.1 Å². The third kappa shape index (κ3) is 19.2. The molecule has 0 aromatic rings. The third-order valence-corrected chi connectivity index (χ3v) is 4.05. The molecule has 0 atom stereocenters. The van der Waals surface area contributed by atoms with Crippen LogP contribution >= 0.6 is 0 Å². The van der Waals surface area contributed by atoms with Crippen molar-refractivity contribution < 1.29 is 38.6 Å². The van der Waals surface area contributed by atoms with Gasteiger partial charge in [-0.1, -0.05) is 11.8 Å². The fourth-order valence-corrected chi connectivity index (χ4v) is 2.53. The zero-order chi connectivity index (χ0) is 22.9. The van der Waals surface area contributed by atoms with Crippen molar-refractivity contribution >= 4 is 0 Å². The number of rotatable bonds is 24. The minimum Gasteiger partial charge on any atom is -0.396 e. The Labute approximate surface area is 187 Å². The highest BCUT2D eigenvalue weighted by atomic mass is 16.5. The molecule has 0 radical (unpaired) electrons. The maximum atomic E-state index is 8.99. The average molecular weight is 445 g/mol. The topological polar surface area (TPSA) is 95.8 Å². The molecule has 0 saturated heterocycles. The highest BCUT2D eigenvalue weighted by Crippen LogP contribution is 2.21. The van der Waals surface area contributed by atoms with Gasteiger partial charge in [-0.05, 0) is 25.7 Å². The summed E-state index contributed by atoms with van der Waals surface area (Å²) in [5.74, 6) is 4.86. The van der Waals surface area contributed by atoms with Crippen molar-refractivity contribution in [2.24, 2.45) is 5.41 Å². The summed E-state index contributed by atoms with van der Waals surface area (Å²) in [7, 11) is 0. The van der Waals surface area contributed by atoms with Gasteiger partial charge in [-0.3, -0.25) is 0 Å². The predicted octanol–water partition coefficient (Wildman–Crippen LogP) is 0.884. The highest BCUT2D eigenvalue weighted by molar-refractivity contribution is 4.83. The fraction of sp³-hybridized carbons (Fsp3) is 0.826. The fourth-order valence-electron chi connectivity index (χ4n) is 2.53. The summed E-state index contributed by atoms with van der Waals surface area (Å²) in [6, 6.07) is 0. The first kappa shape index (κ1) is 29.8. The average Bonchev–Trinajstić information content (AvgIpc) is 2.78. The van der Waals surface area contributed by atoms with E-state index in [4.69, 9.17) is 51.5 Å². The molecule has 180 valence electrons. The van der Waals surface area contributed by atoms with Crippen molar-refractivity contribution in [2.75, 3.05) is 92.5 Å². The number of terminal acetylenes is 2. The molecule has 0 spiro atoms. The SMILES string of the molecule is C#CCOCCCOCC(COCCCO)(COCCCO)COCCCOCC#C. The lowest BCUT2D eigenvalue weighted by Gasteiger charge is -2.33. The summed E-state index contributed by atoms with van der Waals surface area (Å²) < 4.78 is 33.8. The maximum absolute atomic E-state index is 8.99. The zero-order valence-electron chi connectivity index (χ0n) is 18.7. The molecule has 31 heavy (non-hydrogen) atoms. The van der Waals surface area contributed by atoms with E-state index in [0.29, 0.717) is 92.1 Å². The lowest BCUT2D eigenvalue weighted by Crippen LogP contribution is -2.42. The van der Waals surface area contributed by atoms with Gasteiger partial charge < -0.3 is 38.6 Å². The van der Waals surface area contributed by atoms with E-state index in [2.05, 4.69) is 11.8 Å². The molecule has 0 aromatic heterocycles. The van der Waals surface area contributed by atoms with Gasteiger partial charge in [-0.25, -0.2) is 0 Å². The number of ether oxygens (including phenoxy) is 6. The van der Waals surface area contributed by atoms with Gasteiger partial charge in [0.25, 0.3) is 0 Å². The Bertz CT molecular complexity index is 415. The lowest BCUT2D eigenvalue weighted by molar-refractivity contribution is -0.110. The highest BCUT2D eigenvalue weighted by Gasteiger charge is 2.32. The largest absolute Gasteiger partial charge is 0.396 e. The second-order valence-electron chi connectivity index (χ2n) is 7.09. The van der Waals surface area contributed by atoms with Crippen LogP contribution in [0, 0.1) is 30.1 Å². The molecule has 0 aromatic carbocycles. The van der Waals surface area contributed by atoms with Gasteiger partial charge in [0.2, 0.25) is 0 Å². The molecule has 8 nitrogen and oxygen atoms in total. The van der Waals surface area contributed by atoms with Crippen molar-refractivity contribution in [3.8, 4) is 24.7 Å². The smallest absolute Gasteiger partial charge is 0.107 e. The van der Waals surface area contributed by atoms with E-state index in [0.717, 1.165) is 12.8 Å². The molecule has 0 aliphatic carbocycles. The molecular weight excluding hydrogens is 404 g/mol. The van der Waals surface area contributed by atoms with Crippen molar-refractivity contribution in [1.29, 1.82) is 0 Å². The van der Waals surface area contributed by atoms with Gasteiger partial charge in [-0.15, -0.1) is 12.8 Å². The Morgan fingerprint density at radius 2 is 0.839 bits per heavy atom. The van der Waals surface area contributed by atoms with Crippen LogP contribution in [0.25, 0.3) is 0 Å². The van der Waals surface area contributed by atoms with Crippen LogP contribution in [0.4, 0.5) is 0 Å². The van der Waals surface area contributed by atoms with E-state index in [-0.39, 0.29) is 13.2 Å². The summed E-state index contributed by atoms with van der Waals surface area (Å²) >= 11 is 0. The Morgan fingerprint density at radius 1 is 0.516 bits per heavy atom. The molecule has 0 heterocycles. The van der Waals surface area contributed by atoms with Gasteiger partial charge >= 0.3 is 0 Å². The molecule has 0 rings (SSSR count). The molecule has 2 N–H and O–H groups in total. The Hall–Kier alpha value is -1.20. The second-order valence-corrected chi connectivity index (χ2v) is 7.09. The summed E-state index contributed by atoms with van der Waals surface area (Å²) in [6.07, 6.45) is 12.9. The molecule has 0 fully saturated rings. The van der Waals surface area contributed by atoms with Gasteiger partial charge in [-0.2, -0.15) is 0 Å². The maximum Gasteiger partial charge on any atom is 0.107 e. The van der Waals surface area contributed by atoms with Gasteiger partial charge in [0.1, 0.15) is 13.2 Å². The number of aliphatic hydroxyl groups excluding tert-OH is 2. The standard InChI is InChI=1S/C23H40O8/c1-3-11-26-15-7-17-30-21-23(19-28-13-5-9-24,20-29-14-6-10-25)22-31-18-8-16-27-12-4-2/h1-2,24-25H,5-22H2. The Balaban J connectivity index is 4.65. The normalized spacial score (nSPS) is 11.4. The molecular formula is C23H40O8. The molecule has 0 aliphatic heterocycles. The number of hydrogen-bond donors (Lipinski definition) is 2. The van der Waals surface area contributed by atoms with Gasteiger partial charge in [0, 0.05) is 39.6 Å². The lowest BCUT2D eigenvalue weighted by atomic mass is 9.92. The first-order chi connectivity index (χ1) is 15.2. The van der Waals surface area contributed by atoms with Crippen LogP contribution in [-0.4, -0.2) is 103 Å². The van der Waals surface area contributed by atoms with E-state index in [1.54, 1.807) is 0 Å². The van der Waals surface area contributed by atoms with Crippen molar-refractivity contribution in [2.45, 2.75) is 25.7 Å². The van der Waals surface area contributed by atoms with Crippen LogP contribution in [-0.2, 0) is 28.4 Å². The molecule has 0 amide bonds. The van der Waals surface area contributed by atoms with Crippen LogP contribution < -0.4 is 0 Å². The van der Waals surface area contributed by atoms with Crippen LogP contribution in [0.15, 0.2) is 0 Å². The minimum atomic E-state index is -0.510. The van der Waals surface area contributed by atoms with Crippen LogP contribution in [0.5, 0.6) is 0 Å². The van der Waals surface area contributed by atoms with E-state index in [1.165, 1.54) is 0 Å². The number of hydrogen-bond acceptors (Lipinski definition) is 8. The molecule has 0 unspecified atom stereocenters. The molecule has 8 heteroatoms. The molecule has 0 bridgehead atoms. The van der Waals surface area contributed by atoms with Crippen LogP contribution in [0.1, 0.15) is 25.7 Å². The van der Waals surface area contributed by atoms with Crippen molar-refractivity contribution in [1.82, 2.24) is 0 Å². The first-order valence-electron chi connectivity index (χ1n) is 10.8. The van der Waals surface area contributed by atoms with E-state index >= 15 is 0 Å². The Kier molecular flexibility index (Phi) is 22.6. The van der Waals surface area contributed by atoms with Crippen LogP contribution in [0.3, 0.4) is 0 Å². The summed E-state index contributed by atoms with van der Waals surface area (Å²) in [5, 5.41) is 18.0. The first-order valence-corrected chi connectivity index (χ1v) is 10.8. The van der Waals surface area contributed by atoms with Crippen molar-refractivity contribution in [3.63, 3.8) is 0 Å². The van der Waals surface area contributed by atoms with Gasteiger partial charge in [0.15, 0.2) is 0 Å². The predicted molar refractivity (Wildman–Crippen MR) is 118 cm³/mol. The summed E-state index contributed by atoms with van der Waals surface area (Å²) in [5.41, 5.74) is -0.510. The zero-order valence-corrected chi connectivity index (χ0v) is 18.7. The third-order valence-electron chi connectivity index (χ3n) is 4.05. The molecule has 0 saturated carbocycles. The summed E-state index contributed by atoms with van der Waals surface area (Å²) in [6.45, 7) is 5.20. The monoisotopic (exact) mass is 444 g/mol. The van der Waals surface area contributed by atoms with E-state index in [1.807, 2.05) is 0 Å². The summed E-state index contributed by atoms with van der Waals surface area (Å²) in [4.78, 5) is 0. The van der Waals surface area contributed by atoms with Crippen molar-refractivity contribution in [3.05, 3.63) is 0 Å². The van der Waals surface area contributed by atoms with E-state index < -0.39 is 5.41 Å². The number of aliphatic hydroxyl groups is 2. The molecule has 0 aliphatic rings. The Morgan fingerprint density at radius 3 is 1.16 bits per heavy atom. The second kappa shape index (κ2) is 23.5. The van der Waals surface area contributed by atoms with Crippen LogP contribution in [0.2, 0.25) is 0 Å². The van der Waals surface area contributed by atoms with E-state index in [9.17, 15) is 0 Å².